The van der Waals surface area contributed by atoms with Gasteiger partial charge in [0, 0.05) is 25.5 Å². The summed E-state index contributed by atoms with van der Waals surface area (Å²) in [6.07, 6.45) is 6.75. The largest absolute Gasteiger partial charge is 0.357 e. The average molecular weight is 178 g/mol. The van der Waals surface area contributed by atoms with Gasteiger partial charge < -0.3 is 9.88 Å². The van der Waals surface area contributed by atoms with Crippen molar-refractivity contribution >= 4 is 5.91 Å². The second-order valence-electron chi connectivity index (χ2n) is 3.70. The summed E-state index contributed by atoms with van der Waals surface area (Å²) in [5, 5.41) is 2.96. The van der Waals surface area contributed by atoms with Crippen LogP contribution in [0, 0.1) is 0 Å². The number of amides is 1. The van der Waals surface area contributed by atoms with Gasteiger partial charge in [0.25, 0.3) is 0 Å². The van der Waals surface area contributed by atoms with E-state index in [9.17, 15) is 4.79 Å². The van der Waals surface area contributed by atoms with Gasteiger partial charge in [-0.2, -0.15) is 0 Å². The predicted octanol–water partition coefficient (Wildman–Crippen LogP) is 0.846. The number of aromatic nitrogens is 1. The highest BCUT2D eigenvalue weighted by Gasteiger charge is 2.22. The molecule has 3 nitrogen and oxygen atoms in total. The van der Waals surface area contributed by atoms with Gasteiger partial charge in [0.15, 0.2) is 0 Å². The van der Waals surface area contributed by atoms with E-state index in [0.29, 0.717) is 12.5 Å². The minimum absolute atomic E-state index is 0.147. The summed E-state index contributed by atoms with van der Waals surface area (Å²) in [6, 6.07) is 2.45. The topological polar surface area (TPSA) is 34.0 Å². The molecule has 3 heteroatoms. The second-order valence-corrected chi connectivity index (χ2v) is 3.70. The molecular weight excluding hydrogens is 164 g/mol. The molecule has 2 rings (SSSR count). The average Bonchev–Trinajstić information content (AvgIpc) is 2.76. The fourth-order valence-electron chi connectivity index (χ4n) is 1.36. The molecule has 0 aromatic carbocycles. The highest BCUT2D eigenvalue weighted by Crippen LogP contribution is 2.18. The van der Waals surface area contributed by atoms with Crippen molar-refractivity contribution in [2.45, 2.75) is 25.3 Å². The summed E-state index contributed by atoms with van der Waals surface area (Å²) >= 11 is 0. The van der Waals surface area contributed by atoms with E-state index in [1.54, 1.807) is 0 Å². The third-order valence-electron chi connectivity index (χ3n) is 2.20. The molecule has 1 aromatic rings. The van der Waals surface area contributed by atoms with E-state index in [1.165, 1.54) is 0 Å². The van der Waals surface area contributed by atoms with Gasteiger partial charge in [-0.1, -0.05) is 0 Å². The third-order valence-corrected chi connectivity index (χ3v) is 2.20. The summed E-state index contributed by atoms with van der Waals surface area (Å²) < 4.78 is 1.96. The Morgan fingerprint density at radius 2 is 2.46 bits per heavy atom. The van der Waals surface area contributed by atoms with E-state index in [2.05, 4.69) is 5.32 Å². The highest BCUT2D eigenvalue weighted by atomic mass is 16.1. The van der Waals surface area contributed by atoms with Crippen molar-refractivity contribution in [2.75, 3.05) is 0 Å². The third kappa shape index (κ3) is 2.34. The Labute approximate surface area is 77.7 Å². The Morgan fingerprint density at radius 3 is 3.00 bits per heavy atom. The Bertz CT molecular complexity index is 312. The maximum Gasteiger partial charge on any atom is 0.224 e. The van der Waals surface area contributed by atoms with Crippen LogP contribution in [0.25, 0.3) is 0 Å². The minimum atomic E-state index is 0.147. The first-order valence-electron chi connectivity index (χ1n) is 4.64. The van der Waals surface area contributed by atoms with Crippen LogP contribution in [0.1, 0.15) is 18.4 Å². The smallest absolute Gasteiger partial charge is 0.224 e. The maximum atomic E-state index is 11.4. The van der Waals surface area contributed by atoms with Crippen LogP contribution in [0.3, 0.4) is 0 Å². The van der Waals surface area contributed by atoms with Crippen molar-refractivity contribution in [1.29, 1.82) is 0 Å². The first kappa shape index (κ1) is 8.35. The van der Waals surface area contributed by atoms with Gasteiger partial charge in [0.05, 0.1) is 6.42 Å². The molecule has 1 fully saturated rings. The Hall–Kier alpha value is -1.25. The van der Waals surface area contributed by atoms with E-state index in [1.807, 2.05) is 30.1 Å². The number of hydrogen-bond donors (Lipinski definition) is 1. The van der Waals surface area contributed by atoms with E-state index >= 15 is 0 Å². The van der Waals surface area contributed by atoms with Crippen LogP contribution in [-0.2, 0) is 18.3 Å². The van der Waals surface area contributed by atoms with Crippen LogP contribution in [0.5, 0.6) is 0 Å². The summed E-state index contributed by atoms with van der Waals surface area (Å²) in [6.45, 7) is 0. The lowest BCUT2D eigenvalue weighted by Gasteiger charge is -2.00. The van der Waals surface area contributed by atoms with Crippen molar-refractivity contribution < 1.29 is 4.79 Å². The lowest BCUT2D eigenvalue weighted by molar-refractivity contribution is -0.120. The van der Waals surface area contributed by atoms with Gasteiger partial charge in [-0.15, -0.1) is 0 Å². The number of hydrogen-bond acceptors (Lipinski definition) is 1. The molecule has 1 aliphatic carbocycles. The van der Waals surface area contributed by atoms with E-state index in [-0.39, 0.29) is 5.91 Å². The number of carbonyl (C=O) groups is 1. The monoisotopic (exact) mass is 178 g/mol. The van der Waals surface area contributed by atoms with Crippen LogP contribution < -0.4 is 5.32 Å². The van der Waals surface area contributed by atoms with Crippen molar-refractivity contribution in [3.05, 3.63) is 24.0 Å². The lowest BCUT2D eigenvalue weighted by Crippen LogP contribution is -2.26. The molecule has 1 heterocycles. The number of nitrogens with zero attached hydrogens (tertiary/aromatic N) is 1. The van der Waals surface area contributed by atoms with Crippen molar-refractivity contribution in [1.82, 2.24) is 9.88 Å². The zero-order chi connectivity index (χ0) is 9.26. The number of nitrogens with one attached hydrogen (secondary N) is 1. The van der Waals surface area contributed by atoms with Gasteiger partial charge >= 0.3 is 0 Å². The minimum Gasteiger partial charge on any atom is -0.357 e. The summed E-state index contributed by atoms with van der Waals surface area (Å²) in [5.74, 6) is 0.147. The molecule has 0 atom stereocenters. The molecule has 0 saturated heterocycles. The quantitative estimate of drug-likeness (QED) is 0.731. The maximum absolute atomic E-state index is 11.4. The van der Waals surface area contributed by atoms with Gasteiger partial charge in [-0.25, -0.2) is 0 Å². The molecule has 0 spiro atoms. The fraction of sp³-hybridized carbons (Fsp3) is 0.500. The van der Waals surface area contributed by atoms with Gasteiger partial charge in [-0.3, -0.25) is 4.79 Å². The first-order chi connectivity index (χ1) is 6.24. The van der Waals surface area contributed by atoms with Crippen LogP contribution in [0.4, 0.5) is 0 Å². The molecule has 70 valence electrons. The number of carbonyl (C=O) groups excluding carboxylic acids is 1. The number of rotatable bonds is 3. The fourth-order valence-corrected chi connectivity index (χ4v) is 1.36. The summed E-state index contributed by atoms with van der Waals surface area (Å²) in [4.78, 5) is 11.4. The highest BCUT2D eigenvalue weighted by molar-refractivity contribution is 5.79. The molecule has 0 aliphatic heterocycles. The molecule has 1 amide bonds. The molecule has 1 N–H and O–H groups in total. The Kier molecular flexibility index (Phi) is 2.08. The van der Waals surface area contributed by atoms with Gasteiger partial charge in [-0.05, 0) is 24.5 Å². The SMILES string of the molecule is Cn1ccc(CC(=O)NC2CC2)c1. The van der Waals surface area contributed by atoms with Gasteiger partial charge in [0.2, 0.25) is 5.91 Å². The van der Waals surface area contributed by atoms with Gasteiger partial charge in [0.1, 0.15) is 0 Å². The second kappa shape index (κ2) is 3.24. The van der Waals surface area contributed by atoms with Crippen molar-refractivity contribution in [3.63, 3.8) is 0 Å². The van der Waals surface area contributed by atoms with Crippen LogP contribution >= 0.6 is 0 Å². The van der Waals surface area contributed by atoms with E-state index in [0.717, 1.165) is 18.4 Å². The molecule has 13 heavy (non-hydrogen) atoms. The van der Waals surface area contributed by atoms with E-state index in [4.69, 9.17) is 0 Å². The van der Waals surface area contributed by atoms with Crippen molar-refractivity contribution in [3.8, 4) is 0 Å². The molecule has 1 saturated carbocycles. The van der Waals surface area contributed by atoms with Crippen molar-refractivity contribution in [2.24, 2.45) is 7.05 Å². The molecular formula is C10H14N2O. The van der Waals surface area contributed by atoms with Crippen LogP contribution in [0.15, 0.2) is 18.5 Å². The predicted molar refractivity (Wildman–Crippen MR) is 50.3 cm³/mol. The molecule has 0 unspecified atom stereocenters. The standard InChI is InChI=1S/C10H14N2O/c1-12-5-4-8(7-12)6-10(13)11-9-2-3-9/h4-5,7,9H,2-3,6H2,1H3,(H,11,13). The Morgan fingerprint density at radius 1 is 1.69 bits per heavy atom. The first-order valence-corrected chi connectivity index (χ1v) is 4.64. The van der Waals surface area contributed by atoms with Crippen LogP contribution in [0.2, 0.25) is 0 Å². The zero-order valence-corrected chi connectivity index (χ0v) is 7.79. The normalized spacial score (nSPS) is 15.8. The van der Waals surface area contributed by atoms with Crippen LogP contribution in [-0.4, -0.2) is 16.5 Å². The summed E-state index contributed by atoms with van der Waals surface area (Å²) in [5.41, 5.74) is 1.08. The molecule has 0 bridgehead atoms. The lowest BCUT2D eigenvalue weighted by atomic mass is 10.2. The Balaban J connectivity index is 1.85. The summed E-state index contributed by atoms with van der Waals surface area (Å²) in [7, 11) is 1.96. The van der Waals surface area contributed by atoms with E-state index < -0.39 is 0 Å². The molecule has 0 radical (unpaired) electrons. The molecule has 1 aliphatic rings. The zero-order valence-electron chi connectivity index (χ0n) is 7.79. The molecule has 1 aromatic heterocycles. The number of aryl methyl sites for hydroxylation is 1.